The molecular weight excluding hydrogens is 244 g/mol. The summed E-state index contributed by atoms with van der Waals surface area (Å²) in [5.74, 6) is 0. The van der Waals surface area contributed by atoms with Crippen molar-refractivity contribution in [3.05, 3.63) is 30.0 Å². The van der Waals surface area contributed by atoms with Gasteiger partial charge in [0, 0.05) is 17.8 Å². The maximum absolute atomic E-state index is 6.13. The van der Waals surface area contributed by atoms with Crippen LogP contribution in [0.1, 0.15) is 32.9 Å². The first-order chi connectivity index (χ1) is 8.39. The van der Waals surface area contributed by atoms with E-state index in [9.17, 15) is 0 Å². The van der Waals surface area contributed by atoms with E-state index in [2.05, 4.69) is 50.1 Å². The molecule has 98 valence electrons. The predicted molar refractivity (Wildman–Crippen MR) is 78.1 cm³/mol. The Morgan fingerprint density at radius 3 is 2.67 bits per heavy atom. The Labute approximate surface area is 114 Å². The van der Waals surface area contributed by atoms with Gasteiger partial charge in [-0.05, 0) is 31.2 Å². The van der Waals surface area contributed by atoms with Gasteiger partial charge in [0.2, 0.25) is 0 Å². The molecule has 2 rings (SSSR count). The molecular formula is C15H21ClN2. The lowest BCUT2D eigenvalue weighted by atomic mass is 9.83. The highest BCUT2D eigenvalue weighted by Crippen LogP contribution is 2.31. The summed E-state index contributed by atoms with van der Waals surface area (Å²) in [6, 6.07) is 8.39. The van der Waals surface area contributed by atoms with Gasteiger partial charge in [-0.1, -0.05) is 32.0 Å². The van der Waals surface area contributed by atoms with Gasteiger partial charge < -0.3 is 0 Å². The second-order valence-electron chi connectivity index (χ2n) is 5.91. The molecule has 0 aliphatic heterocycles. The van der Waals surface area contributed by atoms with E-state index in [4.69, 9.17) is 11.6 Å². The van der Waals surface area contributed by atoms with Crippen LogP contribution in [0.2, 0.25) is 0 Å². The fourth-order valence-electron chi connectivity index (χ4n) is 2.71. The van der Waals surface area contributed by atoms with Crippen molar-refractivity contribution in [3.8, 4) is 0 Å². The first kappa shape index (κ1) is 13.4. The number of para-hydroxylation sites is 1. The summed E-state index contributed by atoms with van der Waals surface area (Å²) in [7, 11) is 2.00. The molecule has 0 spiro atoms. The molecule has 1 aromatic carbocycles. The highest BCUT2D eigenvalue weighted by molar-refractivity contribution is 6.20. The minimum atomic E-state index is 0.179. The van der Waals surface area contributed by atoms with E-state index < -0.39 is 0 Å². The van der Waals surface area contributed by atoms with Crippen molar-refractivity contribution < 1.29 is 0 Å². The second kappa shape index (κ2) is 4.93. The summed E-state index contributed by atoms with van der Waals surface area (Å²) < 4.78 is 1.96. The number of benzene rings is 1. The number of hydrogen-bond acceptors (Lipinski definition) is 1. The first-order valence-corrected chi connectivity index (χ1v) is 6.87. The van der Waals surface area contributed by atoms with Crippen molar-refractivity contribution in [2.24, 2.45) is 12.5 Å². The van der Waals surface area contributed by atoms with Gasteiger partial charge in [-0.3, -0.25) is 4.68 Å². The number of rotatable bonds is 4. The third-order valence-electron chi connectivity index (χ3n) is 3.31. The van der Waals surface area contributed by atoms with Gasteiger partial charge in [0.15, 0.2) is 0 Å². The third kappa shape index (κ3) is 2.86. The van der Waals surface area contributed by atoms with E-state index in [1.54, 1.807) is 0 Å². The Morgan fingerprint density at radius 2 is 2.00 bits per heavy atom. The lowest BCUT2D eigenvalue weighted by molar-refractivity contribution is 0.328. The fraction of sp³-hybridized carbons (Fsp3) is 0.533. The van der Waals surface area contributed by atoms with Gasteiger partial charge in [0.05, 0.1) is 11.2 Å². The molecule has 1 unspecified atom stereocenters. The zero-order valence-corrected chi connectivity index (χ0v) is 12.3. The zero-order chi connectivity index (χ0) is 13.3. The van der Waals surface area contributed by atoms with E-state index in [-0.39, 0.29) is 10.8 Å². The van der Waals surface area contributed by atoms with Crippen LogP contribution >= 0.6 is 11.6 Å². The van der Waals surface area contributed by atoms with Gasteiger partial charge in [-0.15, -0.1) is 11.6 Å². The Kier molecular flexibility index (Phi) is 3.67. The van der Waals surface area contributed by atoms with E-state index in [0.717, 1.165) is 12.8 Å². The van der Waals surface area contributed by atoms with Crippen LogP contribution in [-0.2, 0) is 13.5 Å². The van der Waals surface area contributed by atoms with Crippen LogP contribution < -0.4 is 0 Å². The van der Waals surface area contributed by atoms with Crippen molar-refractivity contribution in [2.75, 3.05) is 0 Å². The van der Waals surface area contributed by atoms with E-state index in [1.165, 1.54) is 16.6 Å². The zero-order valence-electron chi connectivity index (χ0n) is 11.6. The van der Waals surface area contributed by atoms with Crippen LogP contribution in [0, 0.1) is 5.41 Å². The van der Waals surface area contributed by atoms with E-state index >= 15 is 0 Å². The van der Waals surface area contributed by atoms with Crippen molar-refractivity contribution in [1.29, 1.82) is 0 Å². The molecule has 0 bridgehead atoms. The molecule has 0 saturated carbocycles. The summed E-state index contributed by atoms with van der Waals surface area (Å²) in [5.41, 5.74) is 2.55. The number of hydrogen-bond donors (Lipinski definition) is 0. The van der Waals surface area contributed by atoms with Crippen LogP contribution in [0.3, 0.4) is 0 Å². The van der Waals surface area contributed by atoms with Crippen LogP contribution in [0.5, 0.6) is 0 Å². The normalized spacial score (nSPS) is 14.1. The van der Waals surface area contributed by atoms with Crippen molar-refractivity contribution >= 4 is 22.5 Å². The first-order valence-electron chi connectivity index (χ1n) is 6.44. The third-order valence-corrected chi connectivity index (χ3v) is 3.47. The SMILES string of the molecule is CC(Cl)CC(C)(C)Cc1nn(C)c2ccccc12. The summed E-state index contributed by atoms with van der Waals surface area (Å²) in [6.45, 7) is 6.57. The molecule has 0 amide bonds. The second-order valence-corrected chi connectivity index (χ2v) is 6.66. The average molecular weight is 265 g/mol. The molecule has 0 radical (unpaired) electrons. The summed E-state index contributed by atoms with van der Waals surface area (Å²) >= 11 is 6.13. The largest absolute Gasteiger partial charge is 0.268 e. The molecule has 0 N–H and O–H groups in total. The molecule has 2 aromatic rings. The number of fused-ring (bicyclic) bond motifs is 1. The molecule has 1 heterocycles. The molecule has 2 nitrogen and oxygen atoms in total. The number of alkyl halides is 1. The minimum Gasteiger partial charge on any atom is -0.268 e. The van der Waals surface area contributed by atoms with Crippen molar-refractivity contribution in [3.63, 3.8) is 0 Å². The predicted octanol–water partition coefficient (Wildman–Crippen LogP) is 4.16. The molecule has 0 saturated heterocycles. The number of aryl methyl sites for hydroxylation is 1. The molecule has 0 aliphatic carbocycles. The quantitative estimate of drug-likeness (QED) is 0.759. The lowest BCUT2D eigenvalue weighted by Gasteiger charge is -2.25. The smallest absolute Gasteiger partial charge is 0.0708 e. The van der Waals surface area contributed by atoms with E-state index in [0.29, 0.717) is 0 Å². The van der Waals surface area contributed by atoms with E-state index in [1.807, 2.05) is 11.7 Å². The minimum absolute atomic E-state index is 0.179. The molecule has 3 heteroatoms. The van der Waals surface area contributed by atoms with Crippen LogP contribution in [0.15, 0.2) is 24.3 Å². The van der Waals surface area contributed by atoms with Gasteiger partial charge in [-0.2, -0.15) is 5.10 Å². The Bertz CT molecular complexity index is 540. The summed E-state index contributed by atoms with van der Waals surface area (Å²) in [5, 5.41) is 6.12. The maximum atomic E-state index is 6.13. The summed E-state index contributed by atoms with van der Waals surface area (Å²) in [4.78, 5) is 0. The van der Waals surface area contributed by atoms with Gasteiger partial charge >= 0.3 is 0 Å². The Hall–Kier alpha value is -1.02. The number of aromatic nitrogens is 2. The van der Waals surface area contributed by atoms with Crippen LogP contribution in [-0.4, -0.2) is 15.2 Å². The highest BCUT2D eigenvalue weighted by atomic mass is 35.5. The molecule has 0 aliphatic rings. The highest BCUT2D eigenvalue weighted by Gasteiger charge is 2.23. The van der Waals surface area contributed by atoms with Crippen LogP contribution in [0.25, 0.3) is 10.9 Å². The number of nitrogens with zero attached hydrogens (tertiary/aromatic N) is 2. The van der Waals surface area contributed by atoms with Crippen molar-refractivity contribution in [1.82, 2.24) is 9.78 Å². The molecule has 18 heavy (non-hydrogen) atoms. The van der Waals surface area contributed by atoms with Crippen LogP contribution in [0.4, 0.5) is 0 Å². The fourth-order valence-corrected chi connectivity index (χ4v) is 3.12. The Balaban J connectivity index is 2.32. The molecule has 1 aromatic heterocycles. The summed E-state index contributed by atoms with van der Waals surface area (Å²) in [6.07, 6.45) is 1.96. The maximum Gasteiger partial charge on any atom is 0.0708 e. The Morgan fingerprint density at radius 1 is 1.33 bits per heavy atom. The molecule has 1 atom stereocenters. The standard InChI is InChI=1S/C15H21ClN2/c1-11(16)9-15(2,3)10-13-12-7-5-6-8-14(12)18(4)17-13/h5-8,11H,9-10H2,1-4H3. The molecule has 0 fully saturated rings. The topological polar surface area (TPSA) is 17.8 Å². The average Bonchev–Trinajstić information content (AvgIpc) is 2.54. The van der Waals surface area contributed by atoms with Crippen molar-refractivity contribution in [2.45, 2.75) is 39.0 Å². The van der Waals surface area contributed by atoms with Gasteiger partial charge in [0.25, 0.3) is 0 Å². The van der Waals surface area contributed by atoms with Gasteiger partial charge in [-0.25, -0.2) is 0 Å². The number of halogens is 1. The monoisotopic (exact) mass is 264 g/mol. The lowest BCUT2D eigenvalue weighted by Crippen LogP contribution is -2.19. The van der Waals surface area contributed by atoms with Gasteiger partial charge in [0.1, 0.15) is 0 Å².